The summed E-state index contributed by atoms with van der Waals surface area (Å²) >= 11 is 4.29. The third kappa shape index (κ3) is 3.31. The fourth-order valence-electron chi connectivity index (χ4n) is 1.37. The summed E-state index contributed by atoms with van der Waals surface area (Å²) in [6, 6.07) is 5.93. The second-order valence-corrected chi connectivity index (χ2v) is 3.86. The maximum absolute atomic E-state index is 5.84. The summed E-state index contributed by atoms with van der Waals surface area (Å²) in [5.74, 6) is 0. The molecule has 72 valence electrons. The lowest BCUT2D eigenvalue weighted by molar-refractivity contribution is 0.717. The Labute approximate surface area is 85.8 Å². The lowest BCUT2D eigenvalue weighted by Crippen LogP contribution is -1.94. The van der Waals surface area contributed by atoms with E-state index in [9.17, 15) is 0 Å². The number of rotatable bonds is 4. The van der Waals surface area contributed by atoms with Crippen molar-refractivity contribution in [2.24, 2.45) is 0 Å². The van der Waals surface area contributed by atoms with Crippen molar-refractivity contribution in [2.45, 2.75) is 37.5 Å². The fourth-order valence-corrected chi connectivity index (χ4v) is 1.60. The molecule has 0 fully saturated rings. The molecular formula is C11H17NS. The highest BCUT2D eigenvalue weighted by atomic mass is 32.1. The molecule has 0 atom stereocenters. The van der Waals surface area contributed by atoms with Crippen LogP contribution in [0.4, 0.5) is 5.69 Å². The molecule has 0 radical (unpaired) electrons. The van der Waals surface area contributed by atoms with Crippen LogP contribution in [-0.4, -0.2) is 0 Å². The number of nitrogens with two attached hydrogens (primary N) is 1. The van der Waals surface area contributed by atoms with E-state index < -0.39 is 0 Å². The van der Waals surface area contributed by atoms with Gasteiger partial charge in [-0.3, -0.25) is 0 Å². The van der Waals surface area contributed by atoms with Gasteiger partial charge in [-0.15, -0.1) is 12.6 Å². The molecule has 1 aromatic rings. The van der Waals surface area contributed by atoms with Crippen LogP contribution in [0.3, 0.4) is 0 Å². The van der Waals surface area contributed by atoms with E-state index in [0.717, 1.165) is 17.0 Å². The molecule has 2 heteroatoms. The van der Waals surface area contributed by atoms with Crippen LogP contribution >= 0.6 is 12.6 Å². The molecule has 2 N–H and O–H groups in total. The maximum atomic E-state index is 5.84. The molecule has 0 aliphatic rings. The third-order valence-corrected chi connectivity index (χ3v) is 2.45. The summed E-state index contributed by atoms with van der Waals surface area (Å²) in [4.78, 5) is 1.00. The van der Waals surface area contributed by atoms with Crippen molar-refractivity contribution in [1.82, 2.24) is 0 Å². The van der Waals surface area contributed by atoms with Crippen LogP contribution < -0.4 is 5.73 Å². The van der Waals surface area contributed by atoms with E-state index in [1.165, 1.54) is 24.8 Å². The molecule has 13 heavy (non-hydrogen) atoms. The molecule has 0 saturated heterocycles. The molecule has 0 saturated carbocycles. The van der Waals surface area contributed by atoms with Crippen molar-refractivity contribution in [2.75, 3.05) is 5.73 Å². The van der Waals surface area contributed by atoms with Gasteiger partial charge >= 0.3 is 0 Å². The van der Waals surface area contributed by atoms with E-state index >= 15 is 0 Å². The summed E-state index contributed by atoms with van der Waals surface area (Å²) in [6.45, 7) is 2.21. The van der Waals surface area contributed by atoms with E-state index in [0.29, 0.717) is 0 Å². The monoisotopic (exact) mass is 195 g/mol. The van der Waals surface area contributed by atoms with Crippen molar-refractivity contribution in [1.29, 1.82) is 0 Å². The number of hydrogen-bond acceptors (Lipinski definition) is 2. The lowest BCUT2D eigenvalue weighted by Gasteiger charge is -2.05. The Hall–Kier alpha value is -0.630. The zero-order chi connectivity index (χ0) is 9.68. The number of anilines is 1. The second-order valence-electron chi connectivity index (χ2n) is 3.34. The summed E-state index contributed by atoms with van der Waals surface area (Å²) in [7, 11) is 0. The summed E-state index contributed by atoms with van der Waals surface area (Å²) in [6.07, 6.45) is 4.82. The van der Waals surface area contributed by atoms with Crippen LogP contribution in [0.25, 0.3) is 0 Å². The molecule has 1 nitrogen and oxygen atoms in total. The van der Waals surface area contributed by atoms with Gasteiger partial charge in [0.2, 0.25) is 0 Å². The van der Waals surface area contributed by atoms with Gasteiger partial charge in [0.1, 0.15) is 0 Å². The summed E-state index contributed by atoms with van der Waals surface area (Å²) < 4.78 is 0. The van der Waals surface area contributed by atoms with Gasteiger partial charge in [-0.05, 0) is 36.6 Å². The first-order valence-corrected chi connectivity index (χ1v) is 5.26. The quantitative estimate of drug-likeness (QED) is 0.430. The Morgan fingerprint density at radius 1 is 1.31 bits per heavy atom. The summed E-state index contributed by atoms with van der Waals surface area (Å²) in [5.41, 5.74) is 7.97. The maximum Gasteiger partial charge on any atom is 0.0347 e. The van der Waals surface area contributed by atoms with Gasteiger partial charge in [-0.25, -0.2) is 0 Å². The van der Waals surface area contributed by atoms with Crippen molar-refractivity contribution < 1.29 is 0 Å². The van der Waals surface area contributed by atoms with Gasteiger partial charge in [-0.2, -0.15) is 0 Å². The van der Waals surface area contributed by atoms with Crippen LogP contribution in [0.15, 0.2) is 23.1 Å². The highest BCUT2D eigenvalue weighted by Gasteiger charge is 1.98. The van der Waals surface area contributed by atoms with Crippen LogP contribution in [-0.2, 0) is 6.42 Å². The summed E-state index contributed by atoms with van der Waals surface area (Å²) in [5, 5.41) is 0. The topological polar surface area (TPSA) is 26.0 Å². The smallest absolute Gasteiger partial charge is 0.0347 e. The molecule has 0 aromatic heterocycles. The highest BCUT2D eigenvalue weighted by molar-refractivity contribution is 7.80. The highest BCUT2D eigenvalue weighted by Crippen LogP contribution is 2.18. The predicted octanol–water partition coefficient (Wildman–Crippen LogP) is 3.29. The molecule has 0 aliphatic carbocycles. The largest absolute Gasteiger partial charge is 0.399 e. The van der Waals surface area contributed by atoms with Crippen LogP contribution in [0, 0.1) is 0 Å². The van der Waals surface area contributed by atoms with Crippen molar-refractivity contribution in [3.05, 3.63) is 23.8 Å². The first kappa shape index (κ1) is 10.5. The molecule has 0 spiro atoms. The number of nitrogen functional groups attached to an aromatic ring is 1. The Morgan fingerprint density at radius 2 is 2.08 bits per heavy atom. The van der Waals surface area contributed by atoms with E-state index in [2.05, 4.69) is 25.6 Å². The van der Waals surface area contributed by atoms with Gasteiger partial charge in [-0.1, -0.05) is 19.8 Å². The van der Waals surface area contributed by atoms with Gasteiger partial charge in [0.25, 0.3) is 0 Å². The molecule has 1 rings (SSSR count). The van der Waals surface area contributed by atoms with E-state index in [1.807, 2.05) is 12.1 Å². The minimum absolute atomic E-state index is 0.897. The zero-order valence-electron chi connectivity index (χ0n) is 8.09. The van der Waals surface area contributed by atoms with Crippen molar-refractivity contribution in [3.63, 3.8) is 0 Å². The molecule has 0 unspecified atom stereocenters. The molecule has 0 bridgehead atoms. The normalized spacial score (nSPS) is 10.3. The van der Waals surface area contributed by atoms with E-state index in [1.54, 1.807) is 0 Å². The predicted molar refractivity (Wildman–Crippen MR) is 61.3 cm³/mol. The van der Waals surface area contributed by atoms with E-state index in [-0.39, 0.29) is 0 Å². The molecule has 0 amide bonds. The van der Waals surface area contributed by atoms with Gasteiger partial charge < -0.3 is 5.73 Å². The molecule has 0 aliphatic heterocycles. The SMILES string of the molecule is CCCCCc1cc(S)ccc1N. The number of thiol groups is 1. The van der Waals surface area contributed by atoms with Crippen LogP contribution in [0.2, 0.25) is 0 Å². The minimum atomic E-state index is 0.897. The molecular weight excluding hydrogens is 178 g/mol. The van der Waals surface area contributed by atoms with E-state index in [4.69, 9.17) is 5.73 Å². The lowest BCUT2D eigenvalue weighted by atomic mass is 10.1. The fraction of sp³-hybridized carbons (Fsp3) is 0.455. The Balaban J connectivity index is 2.59. The number of unbranched alkanes of at least 4 members (excludes halogenated alkanes) is 2. The zero-order valence-corrected chi connectivity index (χ0v) is 8.98. The average molecular weight is 195 g/mol. The molecule has 0 heterocycles. The van der Waals surface area contributed by atoms with Gasteiger partial charge in [0.05, 0.1) is 0 Å². The van der Waals surface area contributed by atoms with Crippen LogP contribution in [0.1, 0.15) is 31.7 Å². The first-order valence-electron chi connectivity index (χ1n) is 4.81. The Bertz CT molecular complexity index is 271. The Kier molecular flexibility index (Phi) is 4.16. The average Bonchev–Trinajstić information content (AvgIpc) is 2.11. The minimum Gasteiger partial charge on any atom is -0.399 e. The van der Waals surface area contributed by atoms with Crippen LogP contribution in [0.5, 0.6) is 0 Å². The molecule has 1 aromatic carbocycles. The van der Waals surface area contributed by atoms with Crippen molar-refractivity contribution >= 4 is 18.3 Å². The number of benzene rings is 1. The first-order chi connectivity index (χ1) is 6.24. The van der Waals surface area contributed by atoms with Gasteiger partial charge in [0.15, 0.2) is 0 Å². The van der Waals surface area contributed by atoms with Crippen molar-refractivity contribution in [3.8, 4) is 0 Å². The number of aryl methyl sites for hydroxylation is 1. The second kappa shape index (κ2) is 5.18. The standard InChI is InChI=1S/C11H17NS/c1-2-3-4-5-9-8-10(13)6-7-11(9)12/h6-8,13H,2-5,12H2,1H3. The van der Waals surface area contributed by atoms with Gasteiger partial charge in [0, 0.05) is 10.6 Å². The third-order valence-electron chi connectivity index (χ3n) is 2.18. The Morgan fingerprint density at radius 3 is 2.77 bits per heavy atom. The number of hydrogen-bond donors (Lipinski definition) is 2.